The number of morpholine rings is 1. The van der Waals surface area contributed by atoms with Gasteiger partial charge in [0, 0.05) is 50.9 Å². The Hall–Kier alpha value is -1.96. The Morgan fingerprint density at radius 2 is 2.24 bits per heavy atom. The minimum absolute atomic E-state index is 0.108. The van der Waals surface area contributed by atoms with Gasteiger partial charge >= 0.3 is 0 Å². The van der Waals surface area contributed by atoms with Crippen molar-refractivity contribution in [2.45, 2.75) is 31.5 Å². The Labute approximate surface area is 172 Å². The number of pyridine rings is 1. The molecule has 0 aromatic carbocycles. The van der Waals surface area contributed by atoms with Crippen molar-refractivity contribution in [2.75, 3.05) is 52.5 Å². The number of hydrogen-bond donors (Lipinski definition) is 0. The standard InChI is InChI=1S/C22H31N3O4/c1-22(17-28-19-4-2-7-23-15-19)14-18-16-25(9-6-20(18)29-22)21(26)5-3-8-24-10-12-27-13-11-24/h2-5,7,15,18,20H,6,8-14,16-17H2,1H3/t18-,20+,22-/m1/s1. The van der Waals surface area contributed by atoms with E-state index in [1.165, 1.54) is 0 Å². The van der Waals surface area contributed by atoms with E-state index in [9.17, 15) is 4.79 Å². The van der Waals surface area contributed by atoms with E-state index in [4.69, 9.17) is 14.2 Å². The van der Waals surface area contributed by atoms with Crippen LogP contribution >= 0.6 is 0 Å². The van der Waals surface area contributed by atoms with Crippen LogP contribution in [0.3, 0.4) is 0 Å². The number of ether oxygens (including phenoxy) is 3. The molecule has 0 saturated carbocycles. The van der Waals surface area contributed by atoms with Crippen molar-refractivity contribution in [3.05, 3.63) is 36.7 Å². The lowest BCUT2D eigenvalue weighted by molar-refractivity contribution is -0.130. The van der Waals surface area contributed by atoms with Crippen molar-refractivity contribution in [3.63, 3.8) is 0 Å². The summed E-state index contributed by atoms with van der Waals surface area (Å²) in [6, 6.07) is 3.77. The Kier molecular flexibility index (Phi) is 6.47. The molecule has 158 valence electrons. The monoisotopic (exact) mass is 401 g/mol. The molecule has 3 aliphatic rings. The van der Waals surface area contributed by atoms with E-state index in [0.717, 1.165) is 64.5 Å². The van der Waals surface area contributed by atoms with Crippen molar-refractivity contribution >= 4 is 5.91 Å². The van der Waals surface area contributed by atoms with Crippen LogP contribution in [0, 0.1) is 5.92 Å². The fourth-order valence-electron chi connectivity index (χ4n) is 4.48. The van der Waals surface area contributed by atoms with Crippen molar-refractivity contribution < 1.29 is 19.0 Å². The third kappa shape index (κ3) is 5.35. The molecule has 3 saturated heterocycles. The topological polar surface area (TPSA) is 64.1 Å². The molecular formula is C22H31N3O4. The number of hydrogen-bond acceptors (Lipinski definition) is 6. The van der Waals surface area contributed by atoms with Gasteiger partial charge in [0.25, 0.3) is 0 Å². The number of likely N-dealkylation sites (tertiary alicyclic amines) is 1. The molecule has 0 N–H and O–H groups in total. The van der Waals surface area contributed by atoms with Gasteiger partial charge in [0.2, 0.25) is 5.91 Å². The summed E-state index contributed by atoms with van der Waals surface area (Å²) < 4.78 is 17.6. The van der Waals surface area contributed by atoms with Gasteiger partial charge in [-0.05, 0) is 31.9 Å². The molecule has 1 aromatic heterocycles. The van der Waals surface area contributed by atoms with Crippen LogP contribution in [0.2, 0.25) is 0 Å². The summed E-state index contributed by atoms with van der Waals surface area (Å²) >= 11 is 0. The summed E-state index contributed by atoms with van der Waals surface area (Å²) in [6.45, 7) is 8.35. The highest BCUT2D eigenvalue weighted by Crippen LogP contribution is 2.39. The first-order chi connectivity index (χ1) is 14.1. The summed E-state index contributed by atoms with van der Waals surface area (Å²) in [7, 11) is 0. The molecule has 1 aromatic rings. The average Bonchev–Trinajstić information content (AvgIpc) is 3.09. The summed E-state index contributed by atoms with van der Waals surface area (Å²) in [6.07, 6.45) is 9.16. The molecule has 0 radical (unpaired) electrons. The smallest absolute Gasteiger partial charge is 0.246 e. The number of aromatic nitrogens is 1. The maximum Gasteiger partial charge on any atom is 0.246 e. The second kappa shape index (κ2) is 9.24. The summed E-state index contributed by atoms with van der Waals surface area (Å²) in [4.78, 5) is 21.0. The van der Waals surface area contributed by atoms with Crippen LogP contribution < -0.4 is 4.74 Å². The van der Waals surface area contributed by atoms with Gasteiger partial charge in [-0.15, -0.1) is 0 Å². The van der Waals surface area contributed by atoms with Crippen molar-refractivity contribution in [2.24, 2.45) is 5.92 Å². The minimum Gasteiger partial charge on any atom is -0.489 e. The van der Waals surface area contributed by atoms with Crippen molar-refractivity contribution in [1.82, 2.24) is 14.8 Å². The Morgan fingerprint density at radius 3 is 3.03 bits per heavy atom. The first-order valence-corrected chi connectivity index (χ1v) is 10.6. The minimum atomic E-state index is -0.323. The molecule has 4 rings (SSSR count). The second-order valence-corrected chi connectivity index (χ2v) is 8.44. The highest BCUT2D eigenvalue weighted by Gasteiger charge is 2.46. The summed E-state index contributed by atoms with van der Waals surface area (Å²) in [5.74, 6) is 1.23. The van der Waals surface area contributed by atoms with E-state index in [1.54, 1.807) is 18.5 Å². The maximum atomic E-state index is 12.6. The highest BCUT2D eigenvalue weighted by molar-refractivity contribution is 5.87. The molecule has 7 nitrogen and oxygen atoms in total. The fourth-order valence-corrected chi connectivity index (χ4v) is 4.48. The molecular weight excluding hydrogens is 370 g/mol. The number of fused-ring (bicyclic) bond motifs is 1. The average molecular weight is 402 g/mol. The number of nitrogens with zero attached hydrogens (tertiary/aromatic N) is 3. The van der Waals surface area contributed by atoms with Crippen LogP contribution in [-0.4, -0.2) is 84.9 Å². The lowest BCUT2D eigenvalue weighted by Crippen LogP contribution is -2.44. The van der Waals surface area contributed by atoms with Crippen LogP contribution in [0.15, 0.2) is 36.7 Å². The summed E-state index contributed by atoms with van der Waals surface area (Å²) in [5.41, 5.74) is -0.323. The number of carbonyl (C=O) groups is 1. The van der Waals surface area contributed by atoms with Gasteiger partial charge in [0.15, 0.2) is 0 Å². The molecule has 0 unspecified atom stereocenters. The first kappa shape index (κ1) is 20.3. The number of amides is 1. The number of rotatable bonds is 6. The van der Waals surface area contributed by atoms with E-state index in [0.29, 0.717) is 12.5 Å². The number of carbonyl (C=O) groups excluding carboxylic acids is 1. The molecule has 0 aliphatic carbocycles. The predicted molar refractivity (Wildman–Crippen MR) is 109 cm³/mol. The molecule has 7 heteroatoms. The van der Waals surface area contributed by atoms with Gasteiger partial charge in [0.1, 0.15) is 18.0 Å². The van der Waals surface area contributed by atoms with E-state index in [1.807, 2.05) is 23.1 Å². The van der Waals surface area contributed by atoms with Gasteiger partial charge < -0.3 is 19.1 Å². The van der Waals surface area contributed by atoms with Crippen molar-refractivity contribution in [3.8, 4) is 5.75 Å². The van der Waals surface area contributed by atoms with E-state index < -0.39 is 0 Å². The van der Waals surface area contributed by atoms with Gasteiger partial charge in [-0.3, -0.25) is 14.7 Å². The molecule has 3 aliphatic heterocycles. The zero-order chi connectivity index (χ0) is 20.1. The molecule has 3 atom stereocenters. The fraction of sp³-hybridized carbons (Fsp3) is 0.636. The first-order valence-electron chi connectivity index (χ1n) is 10.6. The van der Waals surface area contributed by atoms with Gasteiger partial charge in [-0.25, -0.2) is 0 Å². The molecule has 4 heterocycles. The van der Waals surface area contributed by atoms with Crippen LogP contribution in [0.4, 0.5) is 0 Å². The molecule has 29 heavy (non-hydrogen) atoms. The van der Waals surface area contributed by atoms with Crippen LogP contribution in [0.5, 0.6) is 5.75 Å². The Bertz CT molecular complexity index is 707. The molecule has 1 amide bonds. The third-order valence-electron chi connectivity index (χ3n) is 6.01. The Morgan fingerprint density at radius 1 is 1.38 bits per heavy atom. The largest absolute Gasteiger partial charge is 0.489 e. The van der Waals surface area contributed by atoms with Crippen LogP contribution in [0.25, 0.3) is 0 Å². The lowest BCUT2D eigenvalue weighted by atomic mass is 9.89. The van der Waals surface area contributed by atoms with Crippen LogP contribution in [0.1, 0.15) is 19.8 Å². The zero-order valence-electron chi connectivity index (χ0n) is 17.2. The summed E-state index contributed by atoms with van der Waals surface area (Å²) in [5, 5.41) is 0. The number of piperidine rings is 1. The Balaban J connectivity index is 1.25. The zero-order valence-corrected chi connectivity index (χ0v) is 17.2. The van der Waals surface area contributed by atoms with E-state index >= 15 is 0 Å². The lowest BCUT2D eigenvalue weighted by Gasteiger charge is -2.33. The van der Waals surface area contributed by atoms with E-state index in [-0.39, 0.29) is 17.6 Å². The molecule has 0 bridgehead atoms. The normalized spacial score (nSPS) is 30.4. The van der Waals surface area contributed by atoms with Gasteiger partial charge in [-0.2, -0.15) is 0 Å². The quantitative estimate of drug-likeness (QED) is 0.677. The highest BCUT2D eigenvalue weighted by atomic mass is 16.6. The molecule has 0 spiro atoms. The predicted octanol–water partition coefficient (Wildman–Crippen LogP) is 1.74. The third-order valence-corrected chi connectivity index (χ3v) is 6.01. The van der Waals surface area contributed by atoms with E-state index in [2.05, 4.69) is 16.8 Å². The second-order valence-electron chi connectivity index (χ2n) is 8.44. The van der Waals surface area contributed by atoms with Gasteiger partial charge in [0.05, 0.1) is 25.5 Å². The molecule has 3 fully saturated rings. The maximum absolute atomic E-state index is 12.6. The van der Waals surface area contributed by atoms with Crippen molar-refractivity contribution in [1.29, 1.82) is 0 Å². The SMILES string of the molecule is C[C@]1(COc2cccnc2)C[C@@H]2CN(C(=O)C=CCN3CCOCC3)CC[C@@H]2O1. The van der Waals surface area contributed by atoms with Crippen LogP contribution in [-0.2, 0) is 14.3 Å². The van der Waals surface area contributed by atoms with Gasteiger partial charge in [-0.1, -0.05) is 6.08 Å².